The molecule has 2 bridgehead atoms. The molecule has 0 aromatic carbocycles. The molecule has 1 aromatic heterocycles. The maximum atomic E-state index is 15.5. The van der Waals surface area contributed by atoms with Gasteiger partial charge in [-0.15, -0.1) is 0 Å². The second kappa shape index (κ2) is 11.0. The summed E-state index contributed by atoms with van der Waals surface area (Å²) in [5.41, 5.74) is -6.26. The van der Waals surface area contributed by atoms with E-state index in [1.807, 2.05) is 26.0 Å². The monoisotopic (exact) mass is 768 g/mol. The van der Waals surface area contributed by atoms with Gasteiger partial charge in [-0.05, 0) is 101 Å². The van der Waals surface area contributed by atoms with Gasteiger partial charge in [-0.2, -0.15) is 0 Å². The fraction of sp³-hybridized carbons (Fsp3) is 0.756. The predicted molar refractivity (Wildman–Crippen MR) is 199 cm³/mol. The number of rotatable bonds is 4. The van der Waals surface area contributed by atoms with Crippen molar-refractivity contribution in [3.8, 4) is 0 Å². The molecule has 1 aromatic rings. The number of hydrogen-bond donors (Lipinski definition) is 2. The Bertz CT molecular complexity index is 1980. The molecule has 0 amide bonds. The second-order valence-electron chi connectivity index (χ2n) is 20.6. The van der Waals surface area contributed by atoms with Crippen LogP contribution in [-0.4, -0.2) is 83.1 Å². The minimum absolute atomic E-state index is 0.0441. The van der Waals surface area contributed by atoms with Crippen molar-refractivity contribution in [1.29, 1.82) is 0 Å². The molecule has 11 nitrogen and oxygen atoms in total. The van der Waals surface area contributed by atoms with Crippen LogP contribution in [0.1, 0.15) is 109 Å². The summed E-state index contributed by atoms with van der Waals surface area (Å²) in [6, 6.07) is 2.57. The zero-order valence-electron chi connectivity index (χ0n) is 32.9. The van der Waals surface area contributed by atoms with Crippen LogP contribution in [0.25, 0.3) is 0 Å². The lowest BCUT2D eigenvalue weighted by molar-refractivity contribution is -0.273. The molecule has 9 fully saturated rings. The number of ketones is 1. The van der Waals surface area contributed by atoms with Crippen molar-refractivity contribution >= 4 is 17.7 Å². The summed E-state index contributed by atoms with van der Waals surface area (Å²) in [4.78, 5) is 46.1. The number of esters is 2. The van der Waals surface area contributed by atoms with Crippen molar-refractivity contribution in [3.63, 3.8) is 0 Å². The number of ether oxygens (including phenoxy) is 4. The van der Waals surface area contributed by atoms with E-state index in [0.29, 0.717) is 55.9 Å². The Kier molecular flexibility index (Phi) is 6.86. The Hall–Kier alpha value is -2.99. The molecular formula is C45H56N2O9. The van der Waals surface area contributed by atoms with Crippen molar-refractivity contribution in [1.82, 2.24) is 10.2 Å². The molecule has 56 heavy (non-hydrogen) atoms. The average molecular weight is 769 g/mol. The van der Waals surface area contributed by atoms with Gasteiger partial charge in [-0.1, -0.05) is 44.4 Å². The van der Waals surface area contributed by atoms with Crippen LogP contribution in [0.15, 0.2) is 41.2 Å². The molecule has 13 rings (SSSR count). The molecule has 300 valence electrons. The topological polar surface area (TPSA) is 140 Å². The van der Waals surface area contributed by atoms with Gasteiger partial charge in [0.15, 0.2) is 11.9 Å². The number of fused-ring (bicyclic) bond motifs is 6. The number of cyclic esters (lactones) is 2. The average Bonchev–Trinajstić information content (AvgIpc) is 3.53. The number of carbonyl (C=O) groups excluding carboxylic acids is 3. The number of aliphatic hydroxyl groups is 1. The van der Waals surface area contributed by atoms with Crippen LogP contribution in [0.3, 0.4) is 0 Å². The Labute approximate surface area is 328 Å². The van der Waals surface area contributed by atoms with Crippen LogP contribution < -0.4 is 5.32 Å². The SMILES string of the molecule is CC1(C)OC2C3(CCCC3)C(=O)OCC23C2CCC4(C)C(c5ccoc5CCC5CCC6C(C=CN7CNCC67)C5)OC(=O)C5OC54C24CC=CC13C(=O)C4O. The molecule has 2 N–H and O–H groups in total. The van der Waals surface area contributed by atoms with Crippen LogP contribution in [-0.2, 0) is 39.8 Å². The minimum atomic E-state index is -1.41. The smallest absolute Gasteiger partial charge is 0.339 e. The summed E-state index contributed by atoms with van der Waals surface area (Å²) in [6.45, 7) is 8.14. The van der Waals surface area contributed by atoms with E-state index in [4.69, 9.17) is 23.4 Å². The van der Waals surface area contributed by atoms with Crippen LogP contribution in [0.4, 0.5) is 0 Å². The first-order valence-electron chi connectivity index (χ1n) is 21.8. The Morgan fingerprint density at radius 3 is 2.68 bits per heavy atom. The number of nitrogens with one attached hydrogen (secondary N) is 1. The molecule has 6 aliphatic carbocycles. The molecule has 12 aliphatic rings. The first kappa shape index (κ1) is 35.0. The third-order valence-corrected chi connectivity index (χ3v) is 18.7. The van der Waals surface area contributed by atoms with Gasteiger partial charge in [-0.3, -0.25) is 14.9 Å². The van der Waals surface area contributed by atoms with Crippen LogP contribution in [0.2, 0.25) is 0 Å². The number of nitrogens with zero attached hydrogens (tertiary/aromatic N) is 1. The lowest BCUT2D eigenvalue weighted by atomic mass is 9.32. The third-order valence-electron chi connectivity index (χ3n) is 18.7. The lowest BCUT2D eigenvalue weighted by Crippen LogP contribution is -2.80. The van der Waals surface area contributed by atoms with Crippen molar-refractivity contribution in [3.05, 3.63) is 48.1 Å². The van der Waals surface area contributed by atoms with E-state index < -0.39 is 68.7 Å². The number of furan rings is 1. The third kappa shape index (κ3) is 3.65. The van der Waals surface area contributed by atoms with Crippen molar-refractivity contribution in [2.24, 2.45) is 50.7 Å². The van der Waals surface area contributed by atoms with Crippen molar-refractivity contribution in [2.75, 3.05) is 19.8 Å². The molecule has 6 aliphatic heterocycles. The Balaban J connectivity index is 0.911. The van der Waals surface area contributed by atoms with Crippen LogP contribution in [0.5, 0.6) is 0 Å². The summed E-state index contributed by atoms with van der Waals surface area (Å²) in [6.07, 6.45) is 17.1. The number of epoxide rings is 1. The molecule has 11 heteroatoms. The highest BCUT2D eigenvalue weighted by molar-refractivity contribution is 5.98. The van der Waals surface area contributed by atoms with E-state index in [0.717, 1.165) is 50.2 Å². The molecule has 7 heterocycles. The molecule has 14 atom stereocenters. The number of hydrogen-bond acceptors (Lipinski definition) is 11. The van der Waals surface area contributed by atoms with E-state index >= 15 is 4.79 Å². The van der Waals surface area contributed by atoms with E-state index in [1.54, 1.807) is 6.26 Å². The lowest BCUT2D eigenvalue weighted by Gasteiger charge is -2.69. The van der Waals surface area contributed by atoms with Gasteiger partial charge in [0.05, 0.1) is 40.9 Å². The van der Waals surface area contributed by atoms with Gasteiger partial charge in [0.2, 0.25) is 0 Å². The highest BCUT2D eigenvalue weighted by Gasteiger charge is 2.95. The van der Waals surface area contributed by atoms with Gasteiger partial charge >= 0.3 is 11.9 Å². The van der Waals surface area contributed by atoms with E-state index in [9.17, 15) is 14.7 Å². The summed E-state index contributed by atoms with van der Waals surface area (Å²) >= 11 is 0. The summed E-state index contributed by atoms with van der Waals surface area (Å²) in [7, 11) is 0. The first-order valence-corrected chi connectivity index (χ1v) is 21.8. The highest BCUT2D eigenvalue weighted by atomic mass is 16.7. The van der Waals surface area contributed by atoms with Crippen LogP contribution >= 0.6 is 0 Å². The maximum absolute atomic E-state index is 15.5. The number of allylic oxidation sites excluding steroid dienone is 2. The molecular weight excluding hydrogens is 713 g/mol. The normalized spacial score (nSPS) is 50.9. The minimum Gasteiger partial charge on any atom is -0.469 e. The van der Waals surface area contributed by atoms with E-state index in [2.05, 4.69) is 35.5 Å². The summed E-state index contributed by atoms with van der Waals surface area (Å²) < 4.78 is 33.1. The van der Waals surface area contributed by atoms with E-state index in [1.165, 1.54) is 19.3 Å². The zero-order chi connectivity index (χ0) is 38.3. The number of aryl methyl sites for hydroxylation is 1. The number of Topliss-reactive ketones (excluding diaryl/α,β-unsaturated/α-hetero) is 1. The van der Waals surface area contributed by atoms with Gasteiger partial charge in [0.1, 0.15) is 30.2 Å². The fourth-order valence-corrected chi connectivity index (χ4v) is 16.5. The zero-order valence-corrected chi connectivity index (χ0v) is 32.9. The summed E-state index contributed by atoms with van der Waals surface area (Å²) in [5.74, 6) is 1.45. The quantitative estimate of drug-likeness (QED) is 0.234. The molecule has 5 spiro atoms. The van der Waals surface area contributed by atoms with Gasteiger partial charge in [-0.25, -0.2) is 4.79 Å². The summed E-state index contributed by atoms with van der Waals surface area (Å²) in [5, 5.41) is 16.4. The first-order chi connectivity index (χ1) is 26.9. The van der Waals surface area contributed by atoms with Gasteiger partial charge in [0, 0.05) is 35.4 Å². The van der Waals surface area contributed by atoms with Gasteiger partial charge < -0.3 is 33.4 Å². The van der Waals surface area contributed by atoms with Crippen molar-refractivity contribution in [2.45, 2.75) is 139 Å². The van der Waals surface area contributed by atoms with Crippen LogP contribution in [0, 0.1) is 50.7 Å². The van der Waals surface area contributed by atoms with Gasteiger partial charge in [0.25, 0.3) is 0 Å². The number of aliphatic hydroxyl groups excluding tert-OH is 1. The highest BCUT2D eigenvalue weighted by Crippen LogP contribution is 2.85. The standard InChI is InChI=1S/C45H56N2O9/c1-39(2)44-17-6-16-42(32(48)33(44)49)31(43(44)23-53-38(51)41(37(43)56-39)14-4-5-15-41)11-18-40(3)34(54-36(50)35-45(40,42)55-35)28-13-20-52-30(28)10-8-25-7-9-27-26(21-25)12-19-47-24-46-22-29(27)47/h6,12-13,17,19-20,25-27,29,31-32,34-35,37,46,48H,4-5,7-11,14-16,18,21-24H2,1-3H3. The van der Waals surface area contributed by atoms with Crippen molar-refractivity contribution < 1.29 is 42.9 Å². The second-order valence-corrected chi connectivity index (χ2v) is 20.6. The number of carbonyl (C=O) groups is 3. The predicted octanol–water partition coefficient (Wildman–Crippen LogP) is 5.31. The molecule has 4 saturated carbocycles. The largest absolute Gasteiger partial charge is 0.469 e. The molecule has 14 unspecified atom stereocenters. The maximum Gasteiger partial charge on any atom is 0.339 e. The Morgan fingerprint density at radius 1 is 1.00 bits per heavy atom. The fourth-order valence-electron chi connectivity index (χ4n) is 16.5. The van der Waals surface area contributed by atoms with E-state index in [-0.39, 0.29) is 24.3 Å². The molecule has 0 radical (unpaired) electrons. The molecule has 5 saturated heterocycles. The Morgan fingerprint density at radius 2 is 1.84 bits per heavy atom.